The molecule has 0 saturated heterocycles. The van der Waals surface area contributed by atoms with Crippen LogP contribution in [-0.2, 0) is 46.5 Å². The Hall–Kier alpha value is -3.82. The van der Waals surface area contributed by atoms with Crippen LogP contribution in [0.25, 0.3) is 0 Å². The van der Waals surface area contributed by atoms with Gasteiger partial charge in [-0.2, -0.15) is 20.5 Å². The van der Waals surface area contributed by atoms with Crippen LogP contribution in [0, 0.1) is 10.8 Å². The van der Waals surface area contributed by atoms with Crippen LogP contribution in [0.5, 0.6) is 0 Å². The molecule has 13 heteroatoms. The van der Waals surface area contributed by atoms with E-state index < -0.39 is 24.0 Å². The van der Waals surface area contributed by atoms with Crippen molar-refractivity contribution in [1.82, 2.24) is 0 Å². The minimum Gasteiger partial charge on any atom is -0.478 e. The number of hydrogen-bond acceptors (Lipinski definition) is 10. The summed E-state index contributed by atoms with van der Waals surface area (Å²) < 4.78 is 0. The average Bonchev–Trinajstić information content (AvgIpc) is 2.87. The third-order valence-electron chi connectivity index (χ3n) is 6.66. The molecule has 12 nitrogen and oxygen atoms in total. The van der Waals surface area contributed by atoms with E-state index in [1.165, 1.54) is 24.3 Å². The number of rotatable bonds is 6. The van der Waals surface area contributed by atoms with Gasteiger partial charge in [-0.05, 0) is 35.1 Å². The van der Waals surface area contributed by atoms with Crippen LogP contribution in [0.15, 0.2) is 69.0 Å². The monoisotopic (exact) mass is 690 g/mol. The normalized spacial score (nSPS) is 18.7. The molecule has 2 aromatic rings. The van der Waals surface area contributed by atoms with E-state index in [0.29, 0.717) is 0 Å². The summed E-state index contributed by atoms with van der Waals surface area (Å²) in [5.74, 6) is -3.35. The predicted molar refractivity (Wildman–Crippen MR) is 149 cm³/mol. The number of Topliss-reactive ketones (excluding diaryl/α,β-unsaturated/α-hetero) is 4. The number of carboxylic acids is 2. The van der Waals surface area contributed by atoms with Crippen molar-refractivity contribution in [3.05, 3.63) is 59.7 Å². The molecule has 0 amide bonds. The van der Waals surface area contributed by atoms with Gasteiger partial charge in [-0.1, -0.05) is 52.0 Å². The van der Waals surface area contributed by atoms with E-state index in [1.807, 2.05) is 27.7 Å². The molecule has 0 aromatic heterocycles. The predicted octanol–water partition coefficient (Wildman–Crippen LogP) is 5.59. The standard InChI is InChI=1S/2C15H16N2O4.Cd/c2*1-15(2)7-11(18)13(12(19)8-15)17-16-10-6-4-3-5-9(10)14(20)21;/h2*3-6,13H,7-8H2,1-2H3,(H,20,21);. The van der Waals surface area contributed by atoms with Crippen LogP contribution in [-0.4, -0.2) is 57.4 Å². The Morgan fingerprint density at radius 1 is 0.605 bits per heavy atom. The van der Waals surface area contributed by atoms with Crippen molar-refractivity contribution in [3.8, 4) is 0 Å². The van der Waals surface area contributed by atoms with Crippen LogP contribution < -0.4 is 0 Å². The minimum absolute atomic E-state index is 0. The Bertz CT molecular complexity index is 1350. The molecule has 4 rings (SSSR count). The molecule has 0 radical (unpaired) electrons. The molecule has 2 aromatic carbocycles. The van der Waals surface area contributed by atoms with Gasteiger partial charge in [0, 0.05) is 53.0 Å². The average molecular weight is 689 g/mol. The van der Waals surface area contributed by atoms with Gasteiger partial charge in [0.25, 0.3) is 0 Å². The molecule has 222 valence electrons. The largest absolute Gasteiger partial charge is 0.478 e. The molecule has 0 aliphatic heterocycles. The number of carboxylic acid groups (broad SMARTS) is 2. The maximum absolute atomic E-state index is 12.0. The van der Waals surface area contributed by atoms with Crippen molar-refractivity contribution in [2.45, 2.75) is 65.5 Å². The number of azo groups is 2. The Balaban J connectivity index is 0.000000293. The van der Waals surface area contributed by atoms with E-state index >= 15 is 0 Å². The Morgan fingerprint density at radius 3 is 1.16 bits per heavy atom. The van der Waals surface area contributed by atoms with Gasteiger partial charge >= 0.3 is 11.9 Å². The first-order chi connectivity index (χ1) is 19.6. The second kappa shape index (κ2) is 14.6. The summed E-state index contributed by atoms with van der Waals surface area (Å²) in [4.78, 5) is 70.0. The van der Waals surface area contributed by atoms with Crippen LogP contribution >= 0.6 is 0 Å². The third kappa shape index (κ3) is 9.59. The maximum Gasteiger partial charge on any atom is 0.337 e. The fourth-order valence-electron chi connectivity index (χ4n) is 4.74. The second-order valence-corrected chi connectivity index (χ2v) is 11.8. The van der Waals surface area contributed by atoms with Gasteiger partial charge in [-0.3, -0.25) is 19.2 Å². The van der Waals surface area contributed by atoms with Gasteiger partial charge in [0.1, 0.15) is 0 Å². The van der Waals surface area contributed by atoms with Crippen LogP contribution in [0.3, 0.4) is 0 Å². The molecule has 0 unspecified atom stereocenters. The molecule has 2 aliphatic rings. The van der Waals surface area contributed by atoms with Gasteiger partial charge < -0.3 is 10.2 Å². The van der Waals surface area contributed by atoms with Crippen molar-refractivity contribution in [1.29, 1.82) is 0 Å². The molecule has 0 spiro atoms. The minimum atomic E-state index is -1.13. The first-order valence-electron chi connectivity index (χ1n) is 13.2. The van der Waals surface area contributed by atoms with E-state index in [0.717, 1.165) is 0 Å². The van der Waals surface area contributed by atoms with Gasteiger partial charge in [0.15, 0.2) is 35.2 Å². The summed E-state index contributed by atoms with van der Waals surface area (Å²) in [7, 11) is 0. The van der Waals surface area contributed by atoms with Crippen molar-refractivity contribution in [2.75, 3.05) is 0 Å². The zero-order chi connectivity index (χ0) is 31.2. The first kappa shape index (κ1) is 35.4. The van der Waals surface area contributed by atoms with Crippen LogP contribution in [0.4, 0.5) is 11.4 Å². The zero-order valence-corrected chi connectivity index (χ0v) is 28.5. The number of ketones is 4. The van der Waals surface area contributed by atoms with Gasteiger partial charge in [-0.15, -0.1) is 0 Å². The van der Waals surface area contributed by atoms with E-state index in [2.05, 4.69) is 20.5 Å². The first-order valence-corrected chi connectivity index (χ1v) is 13.2. The molecule has 2 N–H and O–H groups in total. The number of nitrogens with zero attached hydrogens (tertiary/aromatic N) is 4. The summed E-state index contributed by atoms with van der Waals surface area (Å²) in [6, 6.07) is 9.91. The fraction of sp³-hybridized carbons (Fsp3) is 0.400. The molecule has 2 saturated carbocycles. The van der Waals surface area contributed by atoms with Crippen molar-refractivity contribution < 1.29 is 66.3 Å². The van der Waals surface area contributed by atoms with Crippen molar-refractivity contribution >= 4 is 46.4 Å². The van der Waals surface area contributed by atoms with Crippen molar-refractivity contribution in [2.24, 2.45) is 31.3 Å². The van der Waals surface area contributed by atoms with Gasteiger partial charge in [0.2, 0.25) is 0 Å². The summed E-state index contributed by atoms with van der Waals surface area (Å²) in [6.45, 7) is 7.43. The number of hydrogen-bond donors (Lipinski definition) is 2. The number of carbonyl (C=O) groups is 6. The number of carbonyl (C=O) groups excluding carboxylic acids is 4. The Kier molecular flexibility index (Phi) is 12.0. The number of benzene rings is 2. The van der Waals surface area contributed by atoms with Crippen LogP contribution in [0.2, 0.25) is 0 Å². The summed E-state index contributed by atoms with van der Waals surface area (Å²) >= 11 is 0. The topological polar surface area (TPSA) is 192 Å². The van der Waals surface area contributed by atoms with Crippen molar-refractivity contribution in [3.63, 3.8) is 0 Å². The quantitative estimate of drug-likeness (QED) is 0.223. The summed E-state index contributed by atoms with van der Waals surface area (Å²) in [5.41, 5.74) is -0.460. The van der Waals surface area contributed by atoms with E-state index in [1.54, 1.807) is 24.3 Å². The molecule has 0 heterocycles. The maximum atomic E-state index is 12.0. The Morgan fingerprint density at radius 2 is 0.884 bits per heavy atom. The SMILES string of the molecule is CC1(C)CC(=O)C(N=Nc2ccccc2C(=O)O)C(=O)C1.CC1(C)CC(=O)C(N=Nc2ccccc2C(=O)O)C(=O)C1.[Cd]. The van der Waals surface area contributed by atoms with E-state index in [-0.39, 0.29) is 109 Å². The fourth-order valence-corrected chi connectivity index (χ4v) is 4.74. The third-order valence-corrected chi connectivity index (χ3v) is 6.66. The molecule has 0 bridgehead atoms. The summed E-state index contributed by atoms with van der Waals surface area (Å²) in [6.07, 6.45) is 1.07. The molecule has 0 atom stereocenters. The van der Waals surface area contributed by atoms with Crippen LogP contribution in [0.1, 0.15) is 74.1 Å². The molecular formula is C30H32CdN4O8. The zero-order valence-electron chi connectivity index (χ0n) is 24.4. The second-order valence-electron chi connectivity index (χ2n) is 11.8. The molecule has 2 aliphatic carbocycles. The Labute approximate surface area is 268 Å². The molecule has 2 fully saturated rings. The van der Waals surface area contributed by atoms with Gasteiger partial charge in [0.05, 0.1) is 22.5 Å². The molecular weight excluding hydrogens is 657 g/mol. The number of aromatic carboxylic acids is 2. The summed E-state index contributed by atoms with van der Waals surface area (Å²) in [5, 5.41) is 33.3. The molecule has 43 heavy (non-hydrogen) atoms. The smallest absolute Gasteiger partial charge is 0.337 e. The van der Waals surface area contributed by atoms with E-state index in [4.69, 9.17) is 10.2 Å². The van der Waals surface area contributed by atoms with E-state index in [9.17, 15) is 28.8 Å². The van der Waals surface area contributed by atoms with Gasteiger partial charge in [-0.25, -0.2) is 9.59 Å².